The Labute approximate surface area is 193 Å². The molecule has 0 radical (unpaired) electrons. The van der Waals surface area contributed by atoms with Crippen LogP contribution in [0.4, 0.5) is 0 Å². The Kier molecular flexibility index (Phi) is 5.97. The van der Waals surface area contributed by atoms with Crippen molar-refractivity contribution in [2.24, 2.45) is 0 Å². The molecule has 0 aliphatic heterocycles. The van der Waals surface area contributed by atoms with Crippen molar-refractivity contribution in [3.8, 4) is 22.1 Å². The number of thiophene rings is 1. The second-order valence-electron chi connectivity index (χ2n) is 7.26. The van der Waals surface area contributed by atoms with E-state index in [0.717, 1.165) is 50.9 Å². The molecule has 0 unspecified atom stereocenters. The predicted molar refractivity (Wildman–Crippen MR) is 126 cm³/mol. The molecule has 1 fully saturated rings. The topological polar surface area (TPSA) is 62.1 Å². The van der Waals surface area contributed by atoms with Gasteiger partial charge in [-0.25, -0.2) is 4.98 Å². The molecule has 1 aromatic carbocycles. The number of hydrogen-bond acceptors (Lipinski definition) is 8. The van der Waals surface area contributed by atoms with Gasteiger partial charge in [0.05, 0.1) is 25.5 Å². The second kappa shape index (κ2) is 9.02. The number of hydrogen-bond donors (Lipinski definition) is 0. The van der Waals surface area contributed by atoms with Gasteiger partial charge in [-0.1, -0.05) is 17.8 Å². The Balaban J connectivity index is 1.32. The first kappa shape index (κ1) is 20.5. The fourth-order valence-corrected chi connectivity index (χ4v) is 5.98. The smallest absolute Gasteiger partial charge is 0.191 e. The molecule has 0 saturated heterocycles. The van der Waals surface area contributed by atoms with Gasteiger partial charge in [-0.05, 0) is 36.4 Å². The zero-order chi connectivity index (χ0) is 21.2. The number of methoxy groups -OCH3 is 2. The third-order valence-electron chi connectivity index (χ3n) is 5.10. The zero-order valence-electron chi connectivity index (χ0n) is 17.3. The van der Waals surface area contributed by atoms with Crippen molar-refractivity contribution in [1.29, 1.82) is 0 Å². The zero-order valence-corrected chi connectivity index (χ0v) is 19.7. The summed E-state index contributed by atoms with van der Waals surface area (Å²) >= 11 is 5.11. The summed E-state index contributed by atoms with van der Waals surface area (Å²) in [4.78, 5) is 6.16. The van der Waals surface area contributed by atoms with Crippen LogP contribution in [-0.2, 0) is 12.2 Å². The SMILES string of the molecule is COc1ccc(-c2nc(CSc3nnc(Cc4cccs4)n3C3CC3)cs2)c(OC)c1. The van der Waals surface area contributed by atoms with E-state index < -0.39 is 0 Å². The summed E-state index contributed by atoms with van der Waals surface area (Å²) in [6, 6.07) is 10.6. The molecule has 3 aromatic heterocycles. The molecule has 0 N–H and O–H groups in total. The second-order valence-corrected chi connectivity index (χ2v) is 10.1. The van der Waals surface area contributed by atoms with Crippen LogP contribution in [0.15, 0.2) is 46.2 Å². The van der Waals surface area contributed by atoms with Crippen LogP contribution in [0.2, 0.25) is 0 Å². The van der Waals surface area contributed by atoms with E-state index >= 15 is 0 Å². The van der Waals surface area contributed by atoms with Crippen LogP contribution in [0.25, 0.3) is 10.6 Å². The Hall–Kier alpha value is -2.36. The first-order valence-electron chi connectivity index (χ1n) is 10.0. The highest BCUT2D eigenvalue weighted by Crippen LogP contribution is 2.40. The van der Waals surface area contributed by atoms with Crippen molar-refractivity contribution in [2.45, 2.75) is 36.2 Å². The number of aromatic nitrogens is 4. The Morgan fingerprint density at radius 2 is 2.03 bits per heavy atom. The largest absolute Gasteiger partial charge is 0.497 e. The van der Waals surface area contributed by atoms with E-state index in [1.807, 2.05) is 18.2 Å². The van der Waals surface area contributed by atoms with Crippen LogP contribution in [0, 0.1) is 0 Å². The molecule has 0 atom stereocenters. The molecule has 4 aromatic rings. The summed E-state index contributed by atoms with van der Waals surface area (Å²) in [7, 11) is 3.32. The normalized spacial score (nSPS) is 13.5. The molecule has 0 bridgehead atoms. The van der Waals surface area contributed by atoms with Crippen molar-refractivity contribution in [1.82, 2.24) is 19.7 Å². The van der Waals surface area contributed by atoms with Crippen LogP contribution in [-0.4, -0.2) is 34.0 Å². The first-order chi connectivity index (χ1) is 15.2. The van der Waals surface area contributed by atoms with Gasteiger partial charge in [0.25, 0.3) is 0 Å². The minimum Gasteiger partial charge on any atom is -0.497 e. The summed E-state index contributed by atoms with van der Waals surface area (Å²) in [5, 5.41) is 15.2. The van der Waals surface area contributed by atoms with E-state index in [-0.39, 0.29) is 0 Å². The standard InChI is InChI=1S/C22H22N4O2S3/c1-27-16-7-8-18(19(10-16)28-2)21-23-14(12-30-21)13-31-22-25-24-20(26(22)15-5-6-15)11-17-4-3-9-29-17/h3-4,7-10,12,15H,5-6,11,13H2,1-2H3. The van der Waals surface area contributed by atoms with Gasteiger partial charge < -0.3 is 14.0 Å². The van der Waals surface area contributed by atoms with E-state index in [0.29, 0.717) is 6.04 Å². The molecule has 6 nitrogen and oxygen atoms in total. The summed E-state index contributed by atoms with van der Waals surface area (Å²) in [6.07, 6.45) is 3.27. The number of ether oxygens (including phenoxy) is 2. The van der Waals surface area contributed by atoms with Crippen LogP contribution in [0.1, 0.15) is 35.3 Å². The summed E-state index contributed by atoms with van der Waals surface area (Å²) in [5.74, 6) is 3.36. The van der Waals surface area contributed by atoms with Gasteiger partial charge in [0, 0.05) is 34.5 Å². The lowest BCUT2D eigenvalue weighted by atomic mass is 10.2. The molecular formula is C22H22N4O2S3. The van der Waals surface area contributed by atoms with Crippen molar-refractivity contribution < 1.29 is 9.47 Å². The monoisotopic (exact) mass is 470 g/mol. The molecule has 9 heteroatoms. The minimum atomic E-state index is 0.544. The Morgan fingerprint density at radius 3 is 2.77 bits per heavy atom. The molecule has 3 heterocycles. The lowest BCUT2D eigenvalue weighted by Gasteiger charge is -2.08. The van der Waals surface area contributed by atoms with Crippen LogP contribution in [0.5, 0.6) is 11.5 Å². The van der Waals surface area contributed by atoms with Crippen LogP contribution >= 0.6 is 34.4 Å². The highest BCUT2D eigenvalue weighted by molar-refractivity contribution is 7.98. The quantitative estimate of drug-likeness (QED) is 0.293. The average molecular weight is 471 g/mol. The Bertz CT molecular complexity index is 1170. The van der Waals surface area contributed by atoms with Crippen molar-refractivity contribution in [3.05, 3.63) is 57.5 Å². The Morgan fingerprint density at radius 1 is 1.13 bits per heavy atom. The lowest BCUT2D eigenvalue weighted by molar-refractivity contribution is 0.395. The van der Waals surface area contributed by atoms with Crippen molar-refractivity contribution >= 4 is 34.4 Å². The maximum Gasteiger partial charge on any atom is 0.191 e. The van der Waals surface area contributed by atoms with E-state index in [1.54, 1.807) is 48.7 Å². The molecular weight excluding hydrogens is 448 g/mol. The van der Waals surface area contributed by atoms with E-state index in [4.69, 9.17) is 14.5 Å². The number of nitrogens with zero attached hydrogens (tertiary/aromatic N) is 4. The lowest BCUT2D eigenvalue weighted by Crippen LogP contribution is -2.03. The number of thiazole rings is 1. The highest BCUT2D eigenvalue weighted by atomic mass is 32.2. The van der Waals surface area contributed by atoms with Crippen LogP contribution in [0.3, 0.4) is 0 Å². The van der Waals surface area contributed by atoms with E-state index in [1.165, 1.54) is 17.7 Å². The number of benzene rings is 1. The third-order valence-corrected chi connectivity index (χ3v) is 7.88. The maximum absolute atomic E-state index is 5.54. The third kappa shape index (κ3) is 4.49. The molecule has 0 amide bonds. The summed E-state index contributed by atoms with van der Waals surface area (Å²) in [5.41, 5.74) is 2.01. The number of rotatable bonds is 9. The van der Waals surface area contributed by atoms with Gasteiger partial charge in [-0.3, -0.25) is 0 Å². The first-order valence-corrected chi connectivity index (χ1v) is 12.8. The van der Waals surface area contributed by atoms with E-state index in [9.17, 15) is 0 Å². The molecule has 1 aliphatic carbocycles. The highest BCUT2D eigenvalue weighted by Gasteiger charge is 2.29. The maximum atomic E-state index is 5.54. The molecule has 0 spiro atoms. The fourth-order valence-electron chi connectivity index (χ4n) is 3.41. The van der Waals surface area contributed by atoms with Gasteiger partial charge in [-0.2, -0.15) is 0 Å². The van der Waals surface area contributed by atoms with Gasteiger partial charge in [0.1, 0.15) is 22.3 Å². The van der Waals surface area contributed by atoms with Gasteiger partial charge in [0.2, 0.25) is 0 Å². The predicted octanol–water partition coefficient (Wildman–Crippen LogP) is 5.70. The van der Waals surface area contributed by atoms with Crippen LogP contribution < -0.4 is 9.47 Å². The minimum absolute atomic E-state index is 0.544. The van der Waals surface area contributed by atoms with E-state index in [2.05, 4.69) is 37.7 Å². The van der Waals surface area contributed by atoms with Crippen molar-refractivity contribution in [2.75, 3.05) is 14.2 Å². The van der Waals surface area contributed by atoms with Gasteiger partial charge in [-0.15, -0.1) is 32.9 Å². The average Bonchev–Trinajstić information content (AvgIpc) is 3.19. The molecule has 5 rings (SSSR count). The molecule has 31 heavy (non-hydrogen) atoms. The summed E-state index contributed by atoms with van der Waals surface area (Å²) in [6.45, 7) is 0. The fraction of sp³-hybridized carbons (Fsp3) is 0.318. The molecule has 1 aliphatic rings. The van der Waals surface area contributed by atoms with Crippen molar-refractivity contribution in [3.63, 3.8) is 0 Å². The summed E-state index contributed by atoms with van der Waals surface area (Å²) < 4.78 is 13.2. The molecule has 160 valence electrons. The molecule has 1 saturated carbocycles. The van der Waals surface area contributed by atoms with Gasteiger partial charge in [0.15, 0.2) is 5.16 Å². The van der Waals surface area contributed by atoms with Gasteiger partial charge >= 0.3 is 0 Å². The number of thioether (sulfide) groups is 1.